The number of aryl methyl sites for hydroxylation is 2. The van der Waals surface area contributed by atoms with Crippen LogP contribution in [0.5, 0.6) is 0 Å². The number of halogens is 2. The Kier molecular flexibility index (Phi) is 3.81. The third-order valence-electron chi connectivity index (χ3n) is 3.33. The van der Waals surface area contributed by atoms with Crippen molar-refractivity contribution in [2.75, 3.05) is 5.88 Å². The van der Waals surface area contributed by atoms with Gasteiger partial charge in [-0.1, -0.05) is 15.9 Å². The largest absolute Gasteiger partial charge is 0.337 e. The molecule has 0 aliphatic heterocycles. The Labute approximate surface area is 130 Å². The molecule has 0 amide bonds. The van der Waals surface area contributed by atoms with Gasteiger partial charge < -0.3 is 9.13 Å². The minimum absolute atomic E-state index is 0.561. The maximum Gasteiger partial charge on any atom is 0.128 e. The monoisotopic (exact) mass is 352 g/mol. The quantitative estimate of drug-likeness (QED) is 0.674. The van der Waals surface area contributed by atoms with Crippen LogP contribution >= 0.6 is 27.5 Å². The molecule has 0 spiro atoms. The maximum absolute atomic E-state index is 5.90. The molecule has 0 fully saturated rings. The molecule has 104 valence electrons. The van der Waals surface area contributed by atoms with Gasteiger partial charge in [-0.05, 0) is 18.2 Å². The second-order valence-electron chi connectivity index (χ2n) is 4.64. The highest BCUT2D eigenvalue weighted by molar-refractivity contribution is 9.10. The first-order valence-corrected chi connectivity index (χ1v) is 7.68. The number of imidazole rings is 2. The zero-order chi connectivity index (χ0) is 14.1. The molecule has 0 bridgehead atoms. The van der Waals surface area contributed by atoms with Crippen LogP contribution in [0.4, 0.5) is 0 Å². The predicted octanol–water partition coefficient (Wildman–Crippen LogP) is 3.36. The van der Waals surface area contributed by atoms with Crippen molar-refractivity contribution in [3.05, 3.63) is 46.7 Å². The van der Waals surface area contributed by atoms with Crippen molar-refractivity contribution < 1.29 is 0 Å². The van der Waals surface area contributed by atoms with E-state index in [9.17, 15) is 0 Å². The lowest BCUT2D eigenvalue weighted by Crippen LogP contribution is -2.09. The van der Waals surface area contributed by atoms with Crippen LogP contribution in [0, 0.1) is 0 Å². The molecule has 20 heavy (non-hydrogen) atoms. The van der Waals surface area contributed by atoms with Crippen LogP contribution in [0.3, 0.4) is 0 Å². The fourth-order valence-corrected chi connectivity index (χ4v) is 2.81. The van der Waals surface area contributed by atoms with Gasteiger partial charge in [0.1, 0.15) is 11.6 Å². The number of rotatable bonds is 4. The molecule has 0 saturated heterocycles. The van der Waals surface area contributed by atoms with Crippen LogP contribution in [0.1, 0.15) is 11.6 Å². The summed E-state index contributed by atoms with van der Waals surface area (Å²) >= 11 is 9.42. The minimum Gasteiger partial charge on any atom is -0.337 e. The predicted molar refractivity (Wildman–Crippen MR) is 84.2 cm³/mol. The zero-order valence-electron chi connectivity index (χ0n) is 11.1. The van der Waals surface area contributed by atoms with E-state index in [1.54, 1.807) is 0 Å². The number of aromatic nitrogens is 4. The van der Waals surface area contributed by atoms with E-state index in [1.807, 2.05) is 36.1 Å². The summed E-state index contributed by atoms with van der Waals surface area (Å²) in [6.45, 7) is 0.697. The summed E-state index contributed by atoms with van der Waals surface area (Å²) in [6.07, 6.45) is 4.51. The van der Waals surface area contributed by atoms with Crippen LogP contribution in [0.2, 0.25) is 0 Å². The van der Waals surface area contributed by atoms with Gasteiger partial charge in [0.15, 0.2) is 0 Å². The molecule has 2 aromatic heterocycles. The summed E-state index contributed by atoms with van der Waals surface area (Å²) < 4.78 is 5.25. The Morgan fingerprint density at radius 2 is 2.15 bits per heavy atom. The number of hydrogen-bond acceptors (Lipinski definition) is 2. The Morgan fingerprint density at radius 3 is 2.85 bits per heavy atom. The highest BCUT2D eigenvalue weighted by atomic mass is 79.9. The molecule has 3 aromatic rings. The standard InChI is InChI=1S/C14H14BrClN4/c1-19-7-6-17-14(19)9-20-12-8-10(15)2-3-11(12)18-13(20)4-5-16/h2-3,6-8H,4-5,9H2,1H3. The lowest BCUT2D eigenvalue weighted by Gasteiger charge is -2.08. The van der Waals surface area contributed by atoms with Gasteiger partial charge in [-0.2, -0.15) is 0 Å². The molecule has 4 nitrogen and oxygen atoms in total. The van der Waals surface area contributed by atoms with Gasteiger partial charge in [0, 0.05) is 36.2 Å². The summed E-state index contributed by atoms with van der Waals surface area (Å²) in [4.78, 5) is 9.07. The average Bonchev–Trinajstić information content (AvgIpc) is 2.96. The Hall–Kier alpha value is -1.33. The van der Waals surface area contributed by atoms with Crippen LogP contribution in [0.15, 0.2) is 35.1 Å². The van der Waals surface area contributed by atoms with Crippen molar-refractivity contribution in [3.8, 4) is 0 Å². The molecular formula is C14H14BrClN4. The molecule has 0 aliphatic carbocycles. The van der Waals surface area contributed by atoms with E-state index < -0.39 is 0 Å². The second kappa shape index (κ2) is 5.58. The van der Waals surface area contributed by atoms with E-state index >= 15 is 0 Å². The van der Waals surface area contributed by atoms with Gasteiger partial charge in [0.2, 0.25) is 0 Å². The maximum atomic E-state index is 5.90. The highest BCUT2D eigenvalue weighted by Gasteiger charge is 2.12. The number of fused-ring (bicyclic) bond motifs is 1. The van der Waals surface area contributed by atoms with Crippen molar-refractivity contribution >= 4 is 38.6 Å². The molecule has 2 heterocycles. The summed E-state index contributed by atoms with van der Waals surface area (Å²) in [7, 11) is 2.00. The van der Waals surface area contributed by atoms with Gasteiger partial charge >= 0.3 is 0 Å². The first-order valence-electron chi connectivity index (χ1n) is 6.36. The molecular weight excluding hydrogens is 340 g/mol. The van der Waals surface area contributed by atoms with Crippen molar-refractivity contribution in [2.24, 2.45) is 7.05 Å². The minimum atomic E-state index is 0.561. The molecule has 0 unspecified atom stereocenters. The first-order chi connectivity index (χ1) is 9.69. The van der Waals surface area contributed by atoms with Crippen molar-refractivity contribution in [2.45, 2.75) is 13.0 Å². The average molecular weight is 354 g/mol. The van der Waals surface area contributed by atoms with Crippen LogP contribution < -0.4 is 0 Å². The van der Waals surface area contributed by atoms with Crippen molar-refractivity contribution in [3.63, 3.8) is 0 Å². The van der Waals surface area contributed by atoms with E-state index in [0.717, 1.165) is 33.6 Å². The third-order valence-corrected chi connectivity index (χ3v) is 4.01. The Morgan fingerprint density at radius 1 is 1.30 bits per heavy atom. The lowest BCUT2D eigenvalue weighted by atomic mass is 10.3. The number of alkyl halides is 1. The molecule has 0 atom stereocenters. The van der Waals surface area contributed by atoms with Crippen LogP contribution in [0.25, 0.3) is 11.0 Å². The Bertz CT molecular complexity index is 747. The third kappa shape index (κ3) is 2.47. The molecule has 0 radical (unpaired) electrons. The summed E-state index contributed by atoms with van der Waals surface area (Å²) in [5.74, 6) is 2.56. The van der Waals surface area contributed by atoms with E-state index in [4.69, 9.17) is 11.6 Å². The van der Waals surface area contributed by atoms with E-state index in [0.29, 0.717) is 12.4 Å². The van der Waals surface area contributed by atoms with Gasteiger partial charge in [-0.25, -0.2) is 9.97 Å². The summed E-state index contributed by atoms with van der Waals surface area (Å²) in [5, 5.41) is 0. The second-order valence-corrected chi connectivity index (χ2v) is 5.93. The Balaban J connectivity index is 2.12. The first kappa shape index (κ1) is 13.6. The molecule has 3 rings (SSSR count). The van der Waals surface area contributed by atoms with E-state index in [-0.39, 0.29) is 0 Å². The van der Waals surface area contributed by atoms with Gasteiger partial charge in [0.25, 0.3) is 0 Å². The molecule has 0 N–H and O–H groups in total. The molecule has 0 saturated carbocycles. The number of hydrogen-bond donors (Lipinski definition) is 0. The number of benzene rings is 1. The SMILES string of the molecule is Cn1ccnc1Cn1c(CCCl)nc2ccc(Br)cc21. The van der Waals surface area contributed by atoms with Crippen LogP contribution in [-0.2, 0) is 20.0 Å². The zero-order valence-corrected chi connectivity index (χ0v) is 13.4. The summed E-state index contributed by atoms with van der Waals surface area (Å²) in [5.41, 5.74) is 2.09. The highest BCUT2D eigenvalue weighted by Crippen LogP contribution is 2.22. The van der Waals surface area contributed by atoms with Crippen LogP contribution in [-0.4, -0.2) is 25.0 Å². The lowest BCUT2D eigenvalue weighted by molar-refractivity contribution is 0.682. The summed E-state index contributed by atoms with van der Waals surface area (Å²) in [6, 6.07) is 6.11. The fourth-order valence-electron chi connectivity index (χ4n) is 2.29. The van der Waals surface area contributed by atoms with Crippen molar-refractivity contribution in [1.29, 1.82) is 0 Å². The van der Waals surface area contributed by atoms with E-state index in [2.05, 4.69) is 36.5 Å². The van der Waals surface area contributed by atoms with Gasteiger partial charge in [-0.15, -0.1) is 11.6 Å². The van der Waals surface area contributed by atoms with E-state index in [1.165, 1.54) is 0 Å². The van der Waals surface area contributed by atoms with Gasteiger partial charge in [-0.3, -0.25) is 0 Å². The number of nitrogens with zero attached hydrogens (tertiary/aromatic N) is 4. The molecule has 0 aliphatic rings. The molecule has 6 heteroatoms. The smallest absolute Gasteiger partial charge is 0.128 e. The molecule has 1 aromatic carbocycles. The fraction of sp³-hybridized carbons (Fsp3) is 0.286. The topological polar surface area (TPSA) is 35.6 Å². The van der Waals surface area contributed by atoms with Crippen molar-refractivity contribution in [1.82, 2.24) is 19.1 Å². The normalized spacial score (nSPS) is 11.3. The van der Waals surface area contributed by atoms with Gasteiger partial charge in [0.05, 0.1) is 17.6 Å².